The highest BCUT2D eigenvalue weighted by Crippen LogP contribution is 2.22. The molecule has 0 aliphatic heterocycles. The van der Waals surface area contributed by atoms with E-state index >= 15 is 0 Å². The molecule has 0 unspecified atom stereocenters. The van der Waals surface area contributed by atoms with Gasteiger partial charge in [0.25, 0.3) is 0 Å². The van der Waals surface area contributed by atoms with Crippen molar-refractivity contribution in [1.82, 2.24) is 19.4 Å². The van der Waals surface area contributed by atoms with Gasteiger partial charge in [0.15, 0.2) is 0 Å². The van der Waals surface area contributed by atoms with Crippen LogP contribution in [0.15, 0.2) is 24.0 Å². The molecule has 3 heterocycles. The average molecular weight is 230 g/mol. The third-order valence-electron chi connectivity index (χ3n) is 2.45. The number of thiazole rings is 1. The van der Waals surface area contributed by atoms with E-state index in [0.29, 0.717) is 0 Å². The molecule has 0 saturated heterocycles. The van der Waals surface area contributed by atoms with Gasteiger partial charge in [0, 0.05) is 23.8 Å². The maximum Gasteiger partial charge on any atom is 0.234 e. The van der Waals surface area contributed by atoms with Gasteiger partial charge in [0.2, 0.25) is 5.78 Å². The predicted molar refractivity (Wildman–Crippen MR) is 63.6 cm³/mol. The van der Waals surface area contributed by atoms with E-state index in [4.69, 9.17) is 0 Å². The topological polar surface area (TPSA) is 43.1 Å². The number of nitrogens with zero attached hydrogens (tertiary/aromatic N) is 4. The molecular formula is C11H10N4S. The van der Waals surface area contributed by atoms with Crippen molar-refractivity contribution in [2.24, 2.45) is 0 Å². The van der Waals surface area contributed by atoms with Gasteiger partial charge in [-0.2, -0.15) is 0 Å². The minimum Gasteiger partial charge on any atom is -0.288 e. The Bertz CT molecular complexity index is 639. The lowest BCUT2D eigenvalue weighted by molar-refractivity contribution is 1.01. The van der Waals surface area contributed by atoms with Gasteiger partial charge in [-0.05, 0) is 19.9 Å². The van der Waals surface area contributed by atoms with Gasteiger partial charge in [-0.15, -0.1) is 11.3 Å². The number of aryl methyl sites for hydroxylation is 2. The van der Waals surface area contributed by atoms with Crippen molar-refractivity contribution in [1.29, 1.82) is 0 Å². The molecule has 0 spiro atoms. The van der Waals surface area contributed by atoms with Crippen LogP contribution in [-0.2, 0) is 0 Å². The molecule has 16 heavy (non-hydrogen) atoms. The van der Waals surface area contributed by atoms with Gasteiger partial charge in [-0.3, -0.25) is 9.38 Å². The van der Waals surface area contributed by atoms with E-state index in [2.05, 4.69) is 21.9 Å². The summed E-state index contributed by atoms with van der Waals surface area (Å²) in [6, 6.07) is 2.05. The molecule has 0 aromatic carbocycles. The van der Waals surface area contributed by atoms with Gasteiger partial charge in [0.1, 0.15) is 5.69 Å². The summed E-state index contributed by atoms with van der Waals surface area (Å²) in [5.41, 5.74) is 4.88. The van der Waals surface area contributed by atoms with Crippen LogP contribution < -0.4 is 0 Å². The van der Waals surface area contributed by atoms with Crippen molar-refractivity contribution in [3.05, 3.63) is 35.4 Å². The summed E-state index contributed by atoms with van der Waals surface area (Å²) in [7, 11) is 0. The van der Waals surface area contributed by atoms with Crippen molar-refractivity contribution < 1.29 is 0 Å². The normalized spacial score (nSPS) is 11.1. The fourth-order valence-corrected chi connectivity index (χ4v) is 2.31. The van der Waals surface area contributed by atoms with E-state index < -0.39 is 0 Å². The minimum absolute atomic E-state index is 0.751. The molecule has 0 saturated carbocycles. The molecule has 0 aliphatic rings. The molecule has 0 N–H and O–H groups in total. The molecule has 0 aliphatic carbocycles. The molecule has 80 valence electrons. The Kier molecular flexibility index (Phi) is 2.00. The van der Waals surface area contributed by atoms with Gasteiger partial charge in [-0.1, -0.05) is 0 Å². The number of rotatable bonds is 1. The highest BCUT2D eigenvalue weighted by Gasteiger charge is 2.08. The Morgan fingerprint density at radius 3 is 2.88 bits per heavy atom. The van der Waals surface area contributed by atoms with Gasteiger partial charge in [-0.25, -0.2) is 9.97 Å². The van der Waals surface area contributed by atoms with Crippen molar-refractivity contribution in [3.63, 3.8) is 0 Å². The van der Waals surface area contributed by atoms with Crippen molar-refractivity contribution in [2.75, 3.05) is 0 Å². The standard InChI is InChI=1S/C11H10N4S/c1-7-3-8(2)15-5-9(14-11(15)13-7)10-4-12-6-16-10/h3-6H,1-2H3. The predicted octanol–water partition coefficient (Wildman–Crippen LogP) is 2.47. The van der Waals surface area contributed by atoms with Crippen LogP contribution >= 0.6 is 11.3 Å². The summed E-state index contributed by atoms with van der Waals surface area (Å²) >= 11 is 1.59. The molecule has 4 nitrogen and oxygen atoms in total. The van der Waals surface area contributed by atoms with Crippen LogP contribution in [0.2, 0.25) is 0 Å². The molecule has 3 rings (SSSR count). The molecule has 0 radical (unpaired) electrons. The third-order valence-corrected chi connectivity index (χ3v) is 3.24. The Morgan fingerprint density at radius 2 is 2.12 bits per heavy atom. The van der Waals surface area contributed by atoms with E-state index in [9.17, 15) is 0 Å². The van der Waals surface area contributed by atoms with E-state index in [1.165, 1.54) is 0 Å². The summed E-state index contributed by atoms with van der Waals surface area (Å²) in [4.78, 5) is 14.0. The van der Waals surface area contributed by atoms with Crippen molar-refractivity contribution in [2.45, 2.75) is 13.8 Å². The van der Waals surface area contributed by atoms with Gasteiger partial charge < -0.3 is 0 Å². The Hall–Kier alpha value is -1.75. The maximum atomic E-state index is 4.50. The van der Waals surface area contributed by atoms with Crippen LogP contribution in [0.25, 0.3) is 16.3 Å². The van der Waals surface area contributed by atoms with E-state index in [1.54, 1.807) is 11.3 Å². The van der Waals surface area contributed by atoms with E-state index in [-0.39, 0.29) is 0 Å². The summed E-state index contributed by atoms with van der Waals surface area (Å²) in [5, 5.41) is 0. The summed E-state index contributed by atoms with van der Waals surface area (Å²) in [5.74, 6) is 0.751. The summed E-state index contributed by atoms with van der Waals surface area (Å²) in [6.07, 6.45) is 3.83. The lowest BCUT2D eigenvalue weighted by Gasteiger charge is -1.98. The highest BCUT2D eigenvalue weighted by molar-refractivity contribution is 7.13. The largest absolute Gasteiger partial charge is 0.288 e. The lowest BCUT2D eigenvalue weighted by Crippen LogP contribution is -1.94. The Labute approximate surface area is 96.6 Å². The molecule has 0 bridgehead atoms. The second-order valence-corrected chi connectivity index (χ2v) is 4.59. The Balaban J connectivity index is 2.27. The monoisotopic (exact) mass is 230 g/mol. The molecule has 0 amide bonds. The highest BCUT2D eigenvalue weighted by atomic mass is 32.1. The van der Waals surface area contributed by atoms with Gasteiger partial charge >= 0.3 is 0 Å². The first kappa shape index (κ1) is 9.47. The van der Waals surface area contributed by atoms with Gasteiger partial charge in [0.05, 0.1) is 10.4 Å². The number of imidazole rings is 1. The third kappa shape index (κ3) is 1.40. The van der Waals surface area contributed by atoms with Crippen LogP contribution in [0.3, 0.4) is 0 Å². The van der Waals surface area contributed by atoms with Crippen molar-refractivity contribution in [3.8, 4) is 10.6 Å². The van der Waals surface area contributed by atoms with Crippen LogP contribution in [0, 0.1) is 13.8 Å². The first-order chi connectivity index (χ1) is 7.74. The minimum atomic E-state index is 0.751. The average Bonchev–Trinajstić information content (AvgIpc) is 2.82. The van der Waals surface area contributed by atoms with Crippen LogP contribution in [0.4, 0.5) is 0 Å². The number of hydrogen-bond acceptors (Lipinski definition) is 4. The summed E-state index contributed by atoms with van der Waals surface area (Å²) < 4.78 is 2.00. The molecule has 0 fully saturated rings. The molecule has 5 heteroatoms. The molecular weight excluding hydrogens is 220 g/mol. The molecule has 3 aromatic rings. The lowest BCUT2D eigenvalue weighted by atomic mass is 10.3. The zero-order valence-electron chi connectivity index (χ0n) is 9.01. The smallest absolute Gasteiger partial charge is 0.234 e. The van der Waals surface area contributed by atoms with E-state index in [0.717, 1.165) is 27.7 Å². The molecule has 0 atom stereocenters. The van der Waals surface area contributed by atoms with Crippen molar-refractivity contribution >= 4 is 17.1 Å². The van der Waals surface area contributed by atoms with Crippen LogP contribution in [0.1, 0.15) is 11.4 Å². The number of hydrogen-bond donors (Lipinski definition) is 0. The van der Waals surface area contributed by atoms with Crippen LogP contribution in [-0.4, -0.2) is 19.4 Å². The quantitative estimate of drug-likeness (QED) is 0.645. The number of fused-ring (bicyclic) bond motifs is 1. The zero-order valence-corrected chi connectivity index (χ0v) is 9.82. The fourth-order valence-electron chi connectivity index (χ4n) is 1.73. The first-order valence-corrected chi connectivity index (χ1v) is 5.84. The second-order valence-electron chi connectivity index (χ2n) is 3.70. The molecule has 3 aromatic heterocycles. The zero-order chi connectivity index (χ0) is 11.1. The first-order valence-electron chi connectivity index (χ1n) is 4.96. The number of aromatic nitrogens is 4. The second kappa shape index (κ2) is 3.38. The van der Waals surface area contributed by atoms with Crippen LogP contribution in [0.5, 0.6) is 0 Å². The Morgan fingerprint density at radius 1 is 1.25 bits per heavy atom. The maximum absolute atomic E-state index is 4.50. The summed E-state index contributed by atoms with van der Waals surface area (Å²) in [6.45, 7) is 4.04. The van der Waals surface area contributed by atoms with E-state index in [1.807, 2.05) is 35.3 Å². The fraction of sp³-hybridized carbons (Fsp3) is 0.182. The SMILES string of the molecule is Cc1cc(C)n2cc(-c3cncs3)nc2n1.